The zero-order valence-electron chi connectivity index (χ0n) is 21.9. The summed E-state index contributed by atoms with van der Waals surface area (Å²) in [6.07, 6.45) is 1.51. The smallest absolute Gasteiger partial charge is 0.329 e. The molecule has 0 radical (unpaired) electrons. The highest BCUT2D eigenvalue weighted by molar-refractivity contribution is 7.89. The van der Waals surface area contributed by atoms with Gasteiger partial charge in [-0.2, -0.15) is 4.31 Å². The molecule has 1 atom stereocenters. The number of carbonyl (C=O) groups is 3. The molecule has 2 aliphatic heterocycles. The zero-order chi connectivity index (χ0) is 29.0. The maximum absolute atomic E-state index is 13.1. The number of nitrogens with zero attached hydrogens (tertiary/aromatic N) is 2. The number of rotatable bonds is 9. The fourth-order valence-electron chi connectivity index (χ4n) is 4.09. The lowest BCUT2D eigenvalue weighted by molar-refractivity contribution is -0.159. The Balaban J connectivity index is 1.63. The number of benzene rings is 1. The number of amides is 1. The standard InChI is InChI=1S/C25H31Cl2N3O8S/c1-5-12-36-23(33)18(14-21(31)37-24(2,3)4)28-22(32)19-15-25(38-29-19)8-10-30(11-9-25)39(34,35)20-13-16(26)6-7-17(20)27/h5-7,13,18H,1,8-12,14-15H2,2-4H3,(H,28,32). The minimum Gasteiger partial charge on any atom is -0.460 e. The van der Waals surface area contributed by atoms with Crippen molar-refractivity contribution in [2.75, 3.05) is 19.7 Å². The van der Waals surface area contributed by atoms with E-state index >= 15 is 0 Å². The Morgan fingerprint density at radius 2 is 1.92 bits per heavy atom. The van der Waals surface area contributed by atoms with Crippen LogP contribution in [0, 0.1) is 0 Å². The highest BCUT2D eigenvalue weighted by atomic mass is 35.5. The SMILES string of the molecule is C=CCOC(=O)C(CC(=O)OC(C)(C)C)NC(=O)C1=NOC2(CCN(S(=O)(=O)c3cc(Cl)ccc3Cl)CC2)C1. The lowest BCUT2D eigenvalue weighted by atomic mass is 9.87. The summed E-state index contributed by atoms with van der Waals surface area (Å²) < 4.78 is 37.8. The van der Waals surface area contributed by atoms with E-state index in [1.165, 1.54) is 28.6 Å². The van der Waals surface area contributed by atoms with Crippen LogP contribution >= 0.6 is 23.2 Å². The third kappa shape index (κ3) is 7.93. The molecule has 0 saturated carbocycles. The van der Waals surface area contributed by atoms with Crippen molar-refractivity contribution < 1.29 is 37.1 Å². The summed E-state index contributed by atoms with van der Waals surface area (Å²) in [7, 11) is -3.91. The third-order valence-corrected chi connectivity index (χ3v) is 8.59. The van der Waals surface area contributed by atoms with E-state index in [0.29, 0.717) is 0 Å². The van der Waals surface area contributed by atoms with Gasteiger partial charge in [0, 0.05) is 37.4 Å². The van der Waals surface area contributed by atoms with Crippen molar-refractivity contribution in [3.8, 4) is 0 Å². The summed E-state index contributed by atoms with van der Waals surface area (Å²) in [5.41, 5.74) is -1.66. The molecule has 1 saturated heterocycles. The van der Waals surface area contributed by atoms with Gasteiger partial charge in [-0.3, -0.25) is 9.59 Å². The Bertz CT molecular complexity index is 1270. The quantitative estimate of drug-likeness (QED) is 0.335. The van der Waals surface area contributed by atoms with Crippen LogP contribution in [0.25, 0.3) is 0 Å². The second kappa shape index (κ2) is 12.2. The summed E-state index contributed by atoms with van der Waals surface area (Å²) in [5.74, 6) is -2.24. The van der Waals surface area contributed by atoms with Gasteiger partial charge in [0.05, 0.1) is 11.4 Å². The topological polar surface area (TPSA) is 141 Å². The summed E-state index contributed by atoms with van der Waals surface area (Å²) in [6.45, 7) is 8.61. The molecule has 14 heteroatoms. The Morgan fingerprint density at radius 1 is 1.26 bits per heavy atom. The maximum Gasteiger partial charge on any atom is 0.329 e. The van der Waals surface area contributed by atoms with Crippen molar-refractivity contribution in [3.63, 3.8) is 0 Å². The Labute approximate surface area is 237 Å². The lowest BCUT2D eigenvalue weighted by Crippen LogP contribution is -2.49. The number of nitrogens with one attached hydrogen (secondary N) is 1. The predicted octanol–water partition coefficient (Wildman–Crippen LogP) is 3.24. The average molecular weight is 605 g/mol. The van der Waals surface area contributed by atoms with E-state index in [9.17, 15) is 22.8 Å². The molecule has 0 bridgehead atoms. The van der Waals surface area contributed by atoms with Gasteiger partial charge in [0.2, 0.25) is 10.0 Å². The molecule has 214 valence electrons. The van der Waals surface area contributed by atoms with Gasteiger partial charge in [-0.1, -0.05) is 41.0 Å². The van der Waals surface area contributed by atoms with Crippen molar-refractivity contribution in [1.82, 2.24) is 9.62 Å². The molecule has 1 unspecified atom stereocenters. The van der Waals surface area contributed by atoms with Crippen LogP contribution < -0.4 is 5.32 Å². The minimum absolute atomic E-state index is 0.00917. The monoisotopic (exact) mass is 603 g/mol. The van der Waals surface area contributed by atoms with E-state index in [1.807, 2.05) is 0 Å². The van der Waals surface area contributed by atoms with Gasteiger partial charge in [-0.05, 0) is 39.0 Å². The molecule has 2 heterocycles. The van der Waals surface area contributed by atoms with E-state index in [0.717, 1.165) is 0 Å². The number of carbonyl (C=O) groups excluding carboxylic acids is 3. The van der Waals surface area contributed by atoms with Gasteiger partial charge >= 0.3 is 11.9 Å². The van der Waals surface area contributed by atoms with Gasteiger partial charge in [-0.25, -0.2) is 13.2 Å². The van der Waals surface area contributed by atoms with Crippen molar-refractivity contribution in [2.45, 2.75) is 68.6 Å². The molecule has 3 rings (SSSR count). The maximum atomic E-state index is 13.1. The largest absolute Gasteiger partial charge is 0.460 e. The minimum atomic E-state index is -3.91. The van der Waals surface area contributed by atoms with Crippen molar-refractivity contribution in [1.29, 1.82) is 0 Å². The third-order valence-electron chi connectivity index (χ3n) is 5.97. The van der Waals surface area contributed by atoms with Crippen LogP contribution in [-0.2, 0) is 38.7 Å². The van der Waals surface area contributed by atoms with Crippen LogP contribution in [0.3, 0.4) is 0 Å². The van der Waals surface area contributed by atoms with Crippen LogP contribution in [0.1, 0.15) is 46.5 Å². The average Bonchev–Trinajstić information content (AvgIpc) is 3.26. The molecular formula is C25H31Cl2N3O8S. The summed E-state index contributed by atoms with van der Waals surface area (Å²) in [5, 5.41) is 6.70. The number of piperidine rings is 1. The molecule has 1 amide bonds. The van der Waals surface area contributed by atoms with Crippen molar-refractivity contribution in [3.05, 3.63) is 40.9 Å². The molecule has 1 aromatic rings. The summed E-state index contributed by atoms with van der Waals surface area (Å²) in [4.78, 5) is 43.3. The Kier molecular flexibility index (Phi) is 9.69. The van der Waals surface area contributed by atoms with Crippen LogP contribution in [-0.4, -0.2) is 73.2 Å². The summed E-state index contributed by atoms with van der Waals surface area (Å²) >= 11 is 12.1. The Hall–Kier alpha value is -2.67. The number of halogens is 2. The number of hydrogen-bond donors (Lipinski definition) is 1. The molecule has 2 aliphatic rings. The van der Waals surface area contributed by atoms with E-state index in [4.69, 9.17) is 37.5 Å². The zero-order valence-corrected chi connectivity index (χ0v) is 24.2. The number of esters is 2. The second-order valence-electron chi connectivity index (χ2n) is 10.2. The van der Waals surface area contributed by atoms with Crippen LogP contribution in [0.5, 0.6) is 0 Å². The van der Waals surface area contributed by atoms with Gasteiger partial charge in [0.25, 0.3) is 5.91 Å². The predicted molar refractivity (Wildman–Crippen MR) is 144 cm³/mol. The molecule has 1 N–H and O–H groups in total. The highest BCUT2D eigenvalue weighted by Crippen LogP contribution is 2.37. The molecule has 1 fully saturated rings. The van der Waals surface area contributed by atoms with E-state index < -0.39 is 51.5 Å². The van der Waals surface area contributed by atoms with Crippen LogP contribution in [0.4, 0.5) is 0 Å². The molecule has 1 spiro atoms. The van der Waals surface area contributed by atoms with E-state index in [-0.39, 0.29) is 59.6 Å². The number of oxime groups is 1. The van der Waals surface area contributed by atoms with E-state index in [2.05, 4.69) is 17.1 Å². The number of sulfonamides is 1. The van der Waals surface area contributed by atoms with Gasteiger partial charge in [0.15, 0.2) is 0 Å². The molecule has 39 heavy (non-hydrogen) atoms. The second-order valence-corrected chi connectivity index (χ2v) is 13.0. The fraction of sp³-hybridized carbons (Fsp3) is 0.520. The van der Waals surface area contributed by atoms with Crippen LogP contribution in [0.15, 0.2) is 40.9 Å². The first-order chi connectivity index (χ1) is 18.2. The van der Waals surface area contributed by atoms with Crippen molar-refractivity contribution >= 4 is 56.8 Å². The van der Waals surface area contributed by atoms with Gasteiger partial charge < -0.3 is 19.6 Å². The normalized spacial score (nSPS) is 18.0. The first-order valence-corrected chi connectivity index (χ1v) is 14.4. The Morgan fingerprint density at radius 3 is 2.54 bits per heavy atom. The molecule has 0 aliphatic carbocycles. The molecule has 0 aromatic heterocycles. The van der Waals surface area contributed by atoms with Gasteiger partial charge in [-0.15, -0.1) is 0 Å². The lowest BCUT2D eigenvalue weighted by Gasteiger charge is -2.36. The fourth-order valence-corrected chi connectivity index (χ4v) is 6.26. The number of ether oxygens (including phenoxy) is 2. The molecule has 11 nitrogen and oxygen atoms in total. The van der Waals surface area contributed by atoms with Crippen molar-refractivity contribution in [2.24, 2.45) is 5.16 Å². The molecule has 1 aromatic carbocycles. The van der Waals surface area contributed by atoms with Gasteiger partial charge in [0.1, 0.15) is 34.5 Å². The first-order valence-electron chi connectivity index (χ1n) is 12.2. The summed E-state index contributed by atoms with van der Waals surface area (Å²) in [6, 6.07) is 2.90. The highest BCUT2D eigenvalue weighted by Gasteiger charge is 2.46. The number of hydrogen-bond acceptors (Lipinski definition) is 9. The molecular weight excluding hydrogens is 573 g/mol. The van der Waals surface area contributed by atoms with Crippen LogP contribution in [0.2, 0.25) is 10.0 Å². The van der Waals surface area contributed by atoms with E-state index in [1.54, 1.807) is 20.8 Å². The first kappa shape index (κ1) is 30.9.